The Morgan fingerprint density at radius 2 is 2.07 bits per heavy atom. The van der Waals surface area contributed by atoms with Crippen molar-refractivity contribution in [2.24, 2.45) is 0 Å². The summed E-state index contributed by atoms with van der Waals surface area (Å²) in [4.78, 5) is 2.42. The lowest BCUT2D eigenvalue weighted by atomic mass is 10.1. The van der Waals surface area contributed by atoms with E-state index < -0.39 is 6.17 Å². The fourth-order valence-electron chi connectivity index (χ4n) is 2.75. The number of hydrogen-bond donors (Lipinski definition) is 1. The molecule has 2 aliphatic rings. The van der Waals surface area contributed by atoms with Crippen LogP contribution in [0.3, 0.4) is 0 Å². The second-order valence-electron chi connectivity index (χ2n) is 4.82. The molecule has 0 bridgehead atoms. The quantitative estimate of drug-likeness (QED) is 0.744. The summed E-state index contributed by atoms with van der Waals surface area (Å²) in [6.45, 7) is 1.58. The van der Waals surface area contributed by atoms with Crippen LogP contribution in [0, 0.1) is 0 Å². The molecule has 1 aliphatic heterocycles. The average molecular weight is 200 g/mol. The van der Waals surface area contributed by atoms with Crippen molar-refractivity contribution in [2.75, 3.05) is 20.1 Å². The van der Waals surface area contributed by atoms with Crippen molar-refractivity contribution in [3.63, 3.8) is 0 Å². The number of likely N-dealkylation sites (N-methyl/N-ethyl adjacent to an activating group) is 1. The molecule has 0 radical (unpaired) electrons. The van der Waals surface area contributed by atoms with Gasteiger partial charge in [0.15, 0.2) is 0 Å². The average Bonchev–Trinajstić information content (AvgIpc) is 2.75. The summed E-state index contributed by atoms with van der Waals surface area (Å²) in [5.41, 5.74) is 0. The zero-order chi connectivity index (χ0) is 9.97. The third-order valence-corrected chi connectivity index (χ3v) is 3.62. The number of nitrogens with one attached hydrogen (secondary N) is 1. The molecular weight excluding hydrogens is 179 g/mol. The highest BCUT2D eigenvalue weighted by Gasteiger charge is 2.27. The third kappa shape index (κ3) is 2.45. The SMILES string of the molecule is CN(CC1CC(F)CN1)C1CCCC1. The molecule has 1 N–H and O–H groups in total. The molecule has 0 aromatic carbocycles. The Morgan fingerprint density at radius 1 is 1.36 bits per heavy atom. The molecule has 2 atom stereocenters. The normalized spacial score (nSPS) is 34.5. The van der Waals surface area contributed by atoms with Gasteiger partial charge in [0.05, 0.1) is 0 Å². The Hall–Kier alpha value is -0.150. The molecule has 14 heavy (non-hydrogen) atoms. The van der Waals surface area contributed by atoms with Gasteiger partial charge < -0.3 is 10.2 Å². The number of alkyl halides is 1. The molecule has 0 aromatic rings. The van der Waals surface area contributed by atoms with Crippen LogP contribution >= 0.6 is 0 Å². The minimum atomic E-state index is -0.614. The Labute approximate surface area is 85.9 Å². The number of halogens is 1. The molecule has 1 heterocycles. The van der Waals surface area contributed by atoms with E-state index in [9.17, 15) is 4.39 Å². The Balaban J connectivity index is 1.73. The van der Waals surface area contributed by atoms with Crippen LogP contribution in [-0.2, 0) is 0 Å². The van der Waals surface area contributed by atoms with E-state index in [1.165, 1.54) is 25.7 Å². The smallest absolute Gasteiger partial charge is 0.114 e. The molecular formula is C11H21FN2. The van der Waals surface area contributed by atoms with Crippen LogP contribution in [0.5, 0.6) is 0 Å². The van der Waals surface area contributed by atoms with Gasteiger partial charge in [0.25, 0.3) is 0 Å². The molecule has 3 heteroatoms. The highest BCUT2D eigenvalue weighted by Crippen LogP contribution is 2.23. The predicted octanol–water partition coefficient (Wildman–Crippen LogP) is 1.56. The fourth-order valence-corrected chi connectivity index (χ4v) is 2.75. The lowest BCUT2D eigenvalue weighted by Gasteiger charge is -2.26. The van der Waals surface area contributed by atoms with Gasteiger partial charge in [-0.3, -0.25) is 0 Å². The molecule has 0 spiro atoms. The van der Waals surface area contributed by atoms with Gasteiger partial charge in [-0.05, 0) is 26.3 Å². The molecule has 82 valence electrons. The maximum Gasteiger partial charge on any atom is 0.114 e. The Morgan fingerprint density at radius 3 is 2.64 bits per heavy atom. The van der Waals surface area contributed by atoms with Crippen molar-refractivity contribution in [1.82, 2.24) is 10.2 Å². The van der Waals surface area contributed by atoms with E-state index in [1.54, 1.807) is 0 Å². The second-order valence-corrected chi connectivity index (χ2v) is 4.82. The Bertz CT molecular complexity index is 180. The van der Waals surface area contributed by atoms with E-state index in [0.29, 0.717) is 19.0 Å². The van der Waals surface area contributed by atoms with Crippen molar-refractivity contribution in [1.29, 1.82) is 0 Å². The summed E-state index contributed by atoms with van der Waals surface area (Å²) in [7, 11) is 2.18. The minimum absolute atomic E-state index is 0.385. The van der Waals surface area contributed by atoms with Crippen molar-refractivity contribution in [3.05, 3.63) is 0 Å². The summed E-state index contributed by atoms with van der Waals surface area (Å²) in [6.07, 6.45) is 5.51. The van der Waals surface area contributed by atoms with Gasteiger partial charge in [-0.25, -0.2) is 4.39 Å². The lowest BCUT2D eigenvalue weighted by molar-refractivity contribution is 0.221. The number of hydrogen-bond acceptors (Lipinski definition) is 2. The van der Waals surface area contributed by atoms with E-state index in [4.69, 9.17) is 0 Å². The maximum atomic E-state index is 12.9. The van der Waals surface area contributed by atoms with E-state index >= 15 is 0 Å². The predicted molar refractivity (Wildman–Crippen MR) is 56.2 cm³/mol. The largest absolute Gasteiger partial charge is 0.310 e. The van der Waals surface area contributed by atoms with Gasteiger partial charge in [0.2, 0.25) is 0 Å². The zero-order valence-electron chi connectivity index (χ0n) is 9.01. The standard InChI is InChI=1S/C11H21FN2/c1-14(11-4-2-3-5-11)8-10-6-9(12)7-13-10/h9-11,13H,2-8H2,1H3. The first kappa shape index (κ1) is 10.4. The highest BCUT2D eigenvalue weighted by atomic mass is 19.1. The van der Waals surface area contributed by atoms with Crippen LogP contribution < -0.4 is 5.32 Å². The number of nitrogens with zero attached hydrogens (tertiary/aromatic N) is 1. The summed E-state index contributed by atoms with van der Waals surface area (Å²) in [6, 6.07) is 1.14. The van der Waals surface area contributed by atoms with Crippen LogP contribution in [-0.4, -0.2) is 43.3 Å². The number of rotatable bonds is 3. The van der Waals surface area contributed by atoms with E-state index in [-0.39, 0.29) is 0 Å². The second kappa shape index (κ2) is 4.58. The van der Waals surface area contributed by atoms with Gasteiger partial charge in [-0.2, -0.15) is 0 Å². The molecule has 1 aliphatic carbocycles. The first-order valence-corrected chi connectivity index (χ1v) is 5.83. The Kier molecular flexibility index (Phi) is 3.39. The molecule has 0 amide bonds. The van der Waals surface area contributed by atoms with E-state index in [0.717, 1.165) is 12.6 Å². The fraction of sp³-hybridized carbons (Fsp3) is 1.00. The lowest BCUT2D eigenvalue weighted by Crippen LogP contribution is -2.39. The molecule has 2 unspecified atom stereocenters. The monoisotopic (exact) mass is 200 g/mol. The topological polar surface area (TPSA) is 15.3 Å². The summed E-state index contributed by atoms with van der Waals surface area (Å²) in [5, 5.41) is 3.24. The van der Waals surface area contributed by atoms with Gasteiger partial charge in [0, 0.05) is 25.2 Å². The summed E-state index contributed by atoms with van der Waals surface area (Å²) in [5.74, 6) is 0. The van der Waals surface area contributed by atoms with Crippen molar-refractivity contribution >= 4 is 0 Å². The van der Waals surface area contributed by atoms with Crippen LogP contribution in [0.15, 0.2) is 0 Å². The van der Waals surface area contributed by atoms with Crippen molar-refractivity contribution < 1.29 is 4.39 Å². The molecule has 2 rings (SSSR count). The summed E-state index contributed by atoms with van der Waals surface area (Å²) >= 11 is 0. The van der Waals surface area contributed by atoms with Crippen LogP contribution in [0.25, 0.3) is 0 Å². The van der Waals surface area contributed by atoms with E-state index in [2.05, 4.69) is 17.3 Å². The minimum Gasteiger partial charge on any atom is -0.310 e. The van der Waals surface area contributed by atoms with Gasteiger partial charge >= 0.3 is 0 Å². The maximum absolute atomic E-state index is 12.9. The highest BCUT2D eigenvalue weighted by molar-refractivity contribution is 4.85. The van der Waals surface area contributed by atoms with Crippen LogP contribution in [0.4, 0.5) is 4.39 Å². The first-order chi connectivity index (χ1) is 6.75. The van der Waals surface area contributed by atoms with Gasteiger partial charge in [-0.1, -0.05) is 12.8 Å². The molecule has 0 aromatic heterocycles. The zero-order valence-corrected chi connectivity index (χ0v) is 9.01. The third-order valence-electron chi connectivity index (χ3n) is 3.62. The van der Waals surface area contributed by atoms with Crippen molar-refractivity contribution in [3.8, 4) is 0 Å². The first-order valence-electron chi connectivity index (χ1n) is 5.83. The molecule has 1 saturated heterocycles. The van der Waals surface area contributed by atoms with Gasteiger partial charge in [0.1, 0.15) is 6.17 Å². The molecule has 1 saturated carbocycles. The van der Waals surface area contributed by atoms with Gasteiger partial charge in [-0.15, -0.1) is 0 Å². The molecule has 2 fully saturated rings. The van der Waals surface area contributed by atoms with E-state index in [1.807, 2.05) is 0 Å². The van der Waals surface area contributed by atoms with Crippen LogP contribution in [0.1, 0.15) is 32.1 Å². The molecule has 2 nitrogen and oxygen atoms in total. The summed E-state index contributed by atoms with van der Waals surface area (Å²) < 4.78 is 12.9. The van der Waals surface area contributed by atoms with Crippen molar-refractivity contribution in [2.45, 2.75) is 50.4 Å². The van der Waals surface area contributed by atoms with Crippen LogP contribution in [0.2, 0.25) is 0 Å².